The number of carbonyl (C=O) groups is 1. The van der Waals surface area contributed by atoms with Crippen LogP contribution in [0, 0.1) is 17.8 Å². The third-order valence-electron chi connectivity index (χ3n) is 4.00. The van der Waals surface area contributed by atoms with Gasteiger partial charge in [-0.05, 0) is 25.2 Å². The summed E-state index contributed by atoms with van der Waals surface area (Å²) in [5, 5.41) is 19.2. The summed E-state index contributed by atoms with van der Waals surface area (Å²) in [6, 6.07) is 0. The van der Waals surface area contributed by atoms with E-state index >= 15 is 0 Å². The highest BCUT2D eigenvalue weighted by atomic mass is 16.4. The summed E-state index contributed by atoms with van der Waals surface area (Å²) in [6.45, 7) is 11.9. The first kappa shape index (κ1) is 19.2. The molecule has 0 aliphatic carbocycles. The third kappa shape index (κ3) is 7.68. The predicted molar refractivity (Wildman–Crippen MR) is 83.7 cm³/mol. The van der Waals surface area contributed by atoms with Crippen molar-refractivity contribution in [2.24, 2.45) is 17.8 Å². The van der Waals surface area contributed by atoms with Crippen LogP contribution in [0.5, 0.6) is 0 Å². The van der Waals surface area contributed by atoms with Gasteiger partial charge in [0.1, 0.15) is 5.92 Å². The number of aliphatic hydroxyl groups is 1. The number of hydrogen-bond acceptors (Lipinski definition) is 2. The lowest BCUT2D eigenvalue weighted by Crippen LogP contribution is -2.30. The highest BCUT2D eigenvalue weighted by molar-refractivity contribution is 5.74. The number of carboxylic acid groups (broad SMARTS) is 1. The molecular weight excluding hydrogens is 252 g/mol. The third-order valence-corrected chi connectivity index (χ3v) is 4.00. The smallest absolute Gasteiger partial charge is 0.313 e. The standard InChI is InChI=1S/C17H32O3/c1-6-8-13(4)9-7-10-14(5)11-15(18)16(12(2)3)17(19)20/h13-16,18H,2,6-11H2,1,3-5H3,(H,19,20). The molecule has 0 rings (SSSR count). The summed E-state index contributed by atoms with van der Waals surface area (Å²) in [4.78, 5) is 11.1. The van der Waals surface area contributed by atoms with Crippen LogP contribution in [0.15, 0.2) is 12.2 Å². The first-order chi connectivity index (χ1) is 9.29. The molecule has 0 fully saturated rings. The minimum Gasteiger partial charge on any atom is -0.481 e. The van der Waals surface area contributed by atoms with Crippen molar-refractivity contribution >= 4 is 5.97 Å². The van der Waals surface area contributed by atoms with Crippen LogP contribution < -0.4 is 0 Å². The van der Waals surface area contributed by atoms with Crippen LogP contribution in [-0.4, -0.2) is 22.3 Å². The monoisotopic (exact) mass is 284 g/mol. The molecule has 0 bridgehead atoms. The molecule has 0 spiro atoms. The normalized spacial score (nSPS) is 17.2. The number of rotatable bonds is 11. The van der Waals surface area contributed by atoms with Gasteiger partial charge in [0.15, 0.2) is 0 Å². The average Bonchev–Trinajstić information content (AvgIpc) is 2.27. The fourth-order valence-corrected chi connectivity index (χ4v) is 2.82. The van der Waals surface area contributed by atoms with Crippen LogP contribution in [0.2, 0.25) is 0 Å². The quantitative estimate of drug-likeness (QED) is 0.557. The molecule has 0 aliphatic heterocycles. The Hall–Kier alpha value is -0.830. The molecule has 118 valence electrons. The van der Waals surface area contributed by atoms with Crippen molar-refractivity contribution in [3.05, 3.63) is 12.2 Å². The van der Waals surface area contributed by atoms with Crippen LogP contribution >= 0.6 is 0 Å². The largest absolute Gasteiger partial charge is 0.481 e. The van der Waals surface area contributed by atoms with Crippen molar-refractivity contribution in [3.63, 3.8) is 0 Å². The van der Waals surface area contributed by atoms with E-state index in [0.29, 0.717) is 17.9 Å². The molecule has 4 atom stereocenters. The zero-order valence-electron chi connectivity index (χ0n) is 13.6. The lowest BCUT2D eigenvalue weighted by Gasteiger charge is -2.22. The van der Waals surface area contributed by atoms with Gasteiger partial charge in [-0.3, -0.25) is 4.79 Å². The van der Waals surface area contributed by atoms with Gasteiger partial charge in [0.25, 0.3) is 0 Å². The molecule has 4 unspecified atom stereocenters. The summed E-state index contributed by atoms with van der Waals surface area (Å²) in [5.74, 6) is -0.704. The summed E-state index contributed by atoms with van der Waals surface area (Å²) < 4.78 is 0. The van der Waals surface area contributed by atoms with Crippen LogP contribution in [0.25, 0.3) is 0 Å². The van der Waals surface area contributed by atoms with Crippen molar-refractivity contribution < 1.29 is 15.0 Å². The molecule has 3 nitrogen and oxygen atoms in total. The van der Waals surface area contributed by atoms with Crippen molar-refractivity contribution in [1.29, 1.82) is 0 Å². The molecule has 20 heavy (non-hydrogen) atoms. The summed E-state index contributed by atoms with van der Waals surface area (Å²) >= 11 is 0. The van der Waals surface area contributed by atoms with Gasteiger partial charge < -0.3 is 10.2 Å². The highest BCUT2D eigenvalue weighted by Gasteiger charge is 2.28. The Morgan fingerprint density at radius 1 is 1.15 bits per heavy atom. The van der Waals surface area contributed by atoms with Crippen molar-refractivity contribution in [3.8, 4) is 0 Å². The van der Waals surface area contributed by atoms with Gasteiger partial charge in [-0.25, -0.2) is 0 Å². The molecule has 0 aliphatic rings. The van der Waals surface area contributed by atoms with Crippen molar-refractivity contribution in [2.45, 2.75) is 72.3 Å². The summed E-state index contributed by atoms with van der Waals surface area (Å²) in [7, 11) is 0. The Kier molecular flexibility index (Phi) is 9.56. The number of carboxylic acids is 1. The first-order valence-corrected chi connectivity index (χ1v) is 7.85. The van der Waals surface area contributed by atoms with E-state index < -0.39 is 18.0 Å². The first-order valence-electron chi connectivity index (χ1n) is 7.85. The second-order valence-electron chi connectivity index (χ2n) is 6.40. The fourth-order valence-electron chi connectivity index (χ4n) is 2.82. The Morgan fingerprint density at radius 2 is 1.70 bits per heavy atom. The Balaban J connectivity index is 4.09. The van der Waals surface area contributed by atoms with E-state index in [1.165, 1.54) is 19.3 Å². The van der Waals surface area contributed by atoms with Crippen LogP contribution in [-0.2, 0) is 4.79 Å². The van der Waals surface area contributed by atoms with E-state index in [2.05, 4.69) is 27.4 Å². The van der Waals surface area contributed by atoms with Gasteiger partial charge in [-0.15, -0.1) is 0 Å². The van der Waals surface area contributed by atoms with Gasteiger partial charge in [0.05, 0.1) is 6.10 Å². The highest BCUT2D eigenvalue weighted by Crippen LogP contribution is 2.24. The lowest BCUT2D eigenvalue weighted by molar-refractivity contribution is -0.144. The van der Waals surface area contributed by atoms with Crippen LogP contribution in [0.1, 0.15) is 66.2 Å². The van der Waals surface area contributed by atoms with Crippen molar-refractivity contribution in [1.82, 2.24) is 0 Å². The summed E-state index contributed by atoms with van der Waals surface area (Å²) in [5.41, 5.74) is 0.522. The van der Waals surface area contributed by atoms with Gasteiger partial charge in [-0.2, -0.15) is 0 Å². The zero-order chi connectivity index (χ0) is 15.7. The van der Waals surface area contributed by atoms with E-state index in [0.717, 1.165) is 18.8 Å². The maximum Gasteiger partial charge on any atom is 0.313 e. The Morgan fingerprint density at radius 3 is 2.15 bits per heavy atom. The second kappa shape index (κ2) is 9.98. The van der Waals surface area contributed by atoms with Gasteiger partial charge in [-0.1, -0.05) is 65.0 Å². The molecule has 0 saturated carbocycles. The molecule has 3 heteroatoms. The molecule has 0 aromatic rings. The molecule has 0 aromatic carbocycles. The number of hydrogen-bond donors (Lipinski definition) is 2. The lowest BCUT2D eigenvalue weighted by atomic mass is 9.87. The Bertz CT molecular complexity index is 285. The van der Waals surface area contributed by atoms with E-state index in [1.54, 1.807) is 6.92 Å². The van der Waals surface area contributed by atoms with Crippen LogP contribution in [0.3, 0.4) is 0 Å². The van der Waals surface area contributed by atoms with Gasteiger partial charge in [0.2, 0.25) is 0 Å². The number of aliphatic carboxylic acids is 1. The average molecular weight is 284 g/mol. The number of aliphatic hydroxyl groups excluding tert-OH is 1. The molecule has 0 heterocycles. The molecule has 0 aromatic heterocycles. The topological polar surface area (TPSA) is 57.5 Å². The van der Waals surface area contributed by atoms with Crippen molar-refractivity contribution in [2.75, 3.05) is 0 Å². The maximum absolute atomic E-state index is 11.1. The van der Waals surface area contributed by atoms with Gasteiger partial charge >= 0.3 is 5.97 Å². The van der Waals surface area contributed by atoms with E-state index in [9.17, 15) is 9.90 Å². The maximum atomic E-state index is 11.1. The molecule has 0 amide bonds. The molecule has 2 N–H and O–H groups in total. The zero-order valence-corrected chi connectivity index (χ0v) is 13.6. The van der Waals surface area contributed by atoms with E-state index in [4.69, 9.17) is 5.11 Å². The van der Waals surface area contributed by atoms with Crippen LogP contribution in [0.4, 0.5) is 0 Å². The fraction of sp³-hybridized carbons (Fsp3) is 0.824. The van der Waals surface area contributed by atoms with Gasteiger partial charge in [0, 0.05) is 0 Å². The molecule has 0 radical (unpaired) electrons. The molecule has 0 saturated heterocycles. The predicted octanol–water partition coefficient (Wildman–Crippen LogP) is 4.26. The summed E-state index contributed by atoms with van der Waals surface area (Å²) in [6.07, 6.45) is 5.63. The van der Waals surface area contributed by atoms with E-state index in [1.807, 2.05) is 0 Å². The minimum absolute atomic E-state index is 0.347. The van der Waals surface area contributed by atoms with E-state index in [-0.39, 0.29) is 0 Å². The molecular formula is C17H32O3. The minimum atomic E-state index is -0.978. The SMILES string of the molecule is C=C(C)C(C(=O)O)C(O)CC(C)CCCC(C)CCC. The second-order valence-corrected chi connectivity index (χ2v) is 6.40. The Labute approximate surface area is 124 Å².